The lowest BCUT2D eigenvalue weighted by molar-refractivity contribution is -0.121. The fourth-order valence-corrected chi connectivity index (χ4v) is 2.66. The molecular weight excluding hydrogens is 322 g/mol. The molecule has 0 saturated heterocycles. The van der Waals surface area contributed by atoms with Crippen molar-refractivity contribution < 1.29 is 18.8 Å². The molecule has 1 aromatic carbocycles. The van der Waals surface area contributed by atoms with Crippen LogP contribution in [0.1, 0.15) is 29.0 Å². The van der Waals surface area contributed by atoms with Gasteiger partial charge >= 0.3 is 0 Å². The molecule has 3 amide bonds. The number of nitrogens with one attached hydrogen (secondary N) is 3. The third kappa shape index (κ3) is 4.26. The van der Waals surface area contributed by atoms with Gasteiger partial charge in [0.1, 0.15) is 11.8 Å². The zero-order valence-corrected chi connectivity index (χ0v) is 13.6. The molecule has 2 heterocycles. The maximum atomic E-state index is 12.2. The van der Waals surface area contributed by atoms with Crippen LogP contribution in [0.25, 0.3) is 0 Å². The molecule has 3 rings (SSSR count). The van der Waals surface area contributed by atoms with Crippen molar-refractivity contribution in [3.63, 3.8) is 0 Å². The first-order chi connectivity index (χ1) is 12.1. The second-order valence-electron chi connectivity index (χ2n) is 5.78. The normalized spacial score (nSPS) is 16.4. The Bertz CT molecular complexity index is 770. The minimum atomic E-state index is -0.740. The standard InChI is InChI=1S/C18H19N3O4/c22-16(19-10-9-12-4-3-11-25-12)8-7-15-18(24)20-14-6-2-1-5-13(14)17(23)21-15/h1-6,11,15H,7-10H2,(H,19,22)(H,20,24)(H,21,23)/t15-/m1/s1. The number of carbonyl (C=O) groups is 3. The summed E-state index contributed by atoms with van der Waals surface area (Å²) in [4.78, 5) is 36.4. The largest absolute Gasteiger partial charge is 0.469 e. The average Bonchev–Trinajstić information content (AvgIpc) is 3.08. The Morgan fingerprint density at radius 1 is 1.16 bits per heavy atom. The highest BCUT2D eigenvalue weighted by Crippen LogP contribution is 2.19. The van der Waals surface area contributed by atoms with E-state index >= 15 is 0 Å². The summed E-state index contributed by atoms with van der Waals surface area (Å²) in [6, 6.07) is 9.70. The number of amides is 3. The molecule has 0 unspecified atom stereocenters. The summed E-state index contributed by atoms with van der Waals surface area (Å²) in [5, 5.41) is 8.17. The predicted octanol–water partition coefficient (Wildman–Crippen LogP) is 1.47. The van der Waals surface area contributed by atoms with Gasteiger partial charge in [0.15, 0.2) is 0 Å². The molecule has 0 aliphatic carbocycles. The van der Waals surface area contributed by atoms with Crippen LogP contribution in [0.5, 0.6) is 0 Å². The Labute approximate surface area is 144 Å². The minimum absolute atomic E-state index is 0.146. The quantitative estimate of drug-likeness (QED) is 0.741. The fraction of sp³-hybridized carbons (Fsp3) is 0.278. The number of rotatable bonds is 6. The summed E-state index contributed by atoms with van der Waals surface area (Å²) in [5.74, 6) is -0.0114. The second kappa shape index (κ2) is 7.65. The van der Waals surface area contributed by atoms with E-state index in [1.807, 2.05) is 6.07 Å². The molecule has 0 saturated carbocycles. The Kier molecular flexibility index (Phi) is 5.13. The first kappa shape index (κ1) is 16.8. The monoisotopic (exact) mass is 341 g/mol. The Morgan fingerprint density at radius 2 is 2.00 bits per heavy atom. The lowest BCUT2D eigenvalue weighted by Crippen LogP contribution is -2.42. The smallest absolute Gasteiger partial charge is 0.254 e. The Morgan fingerprint density at radius 3 is 2.80 bits per heavy atom. The highest BCUT2D eigenvalue weighted by Gasteiger charge is 2.27. The van der Waals surface area contributed by atoms with Crippen molar-refractivity contribution >= 4 is 23.4 Å². The van der Waals surface area contributed by atoms with Crippen molar-refractivity contribution in [2.45, 2.75) is 25.3 Å². The molecule has 1 atom stereocenters. The van der Waals surface area contributed by atoms with Crippen molar-refractivity contribution in [3.8, 4) is 0 Å². The van der Waals surface area contributed by atoms with Crippen molar-refractivity contribution in [2.75, 3.05) is 11.9 Å². The van der Waals surface area contributed by atoms with Gasteiger partial charge in [-0.3, -0.25) is 14.4 Å². The molecule has 2 aromatic rings. The summed E-state index contributed by atoms with van der Waals surface area (Å²) in [7, 11) is 0. The summed E-state index contributed by atoms with van der Waals surface area (Å²) < 4.78 is 5.19. The van der Waals surface area contributed by atoms with Crippen LogP contribution in [-0.2, 0) is 16.0 Å². The van der Waals surface area contributed by atoms with E-state index in [2.05, 4.69) is 16.0 Å². The molecule has 130 valence electrons. The van der Waals surface area contributed by atoms with E-state index in [4.69, 9.17) is 4.42 Å². The Balaban J connectivity index is 1.48. The van der Waals surface area contributed by atoms with Crippen LogP contribution in [0.3, 0.4) is 0 Å². The van der Waals surface area contributed by atoms with Crippen LogP contribution in [0, 0.1) is 0 Å². The van der Waals surface area contributed by atoms with E-state index < -0.39 is 6.04 Å². The number of benzene rings is 1. The second-order valence-corrected chi connectivity index (χ2v) is 5.78. The van der Waals surface area contributed by atoms with Crippen LogP contribution in [0.4, 0.5) is 5.69 Å². The topological polar surface area (TPSA) is 100 Å². The lowest BCUT2D eigenvalue weighted by Gasteiger charge is -2.14. The number of anilines is 1. The molecule has 0 spiro atoms. The third-order valence-corrected chi connectivity index (χ3v) is 3.99. The van der Waals surface area contributed by atoms with Gasteiger partial charge in [0.2, 0.25) is 11.8 Å². The van der Waals surface area contributed by atoms with Gasteiger partial charge in [-0.25, -0.2) is 0 Å². The lowest BCUT2D eigenvalue weighted by atomic mass is 10.1. The molecule has 25 heavy (non-hydrogen) atoms. The average molecular weight is 341 g/mol. The van der Waals surface area contributed by atoms with Gasteiger partial charge in [-0.05, 0) is 30.7 Å². The number of carbonyl (C=O) groups excluding carboxylic acids is 3. The summed E-state index contributed by atoms with van der Waals surface area (Å²) in [6.45, 7) is 0.459. The SMILES string of the molecule is O=C(CC[C@H]1NC(=O)c2ccccc2NC1=O)NCCc1ccco1. The van der Waals surface area contributed by atoms with Crippen LogP contribution in [0.2, 0.25) is 0 Å². The van der Waals surface area contributed by atoms with Gasteiger partial charge in [0.05, 0.1) is 17.5 Å². The van der Waals surface area contributed by atoms with Gasteiger partial charge in [-0.15, -0.1) is 0 Å². The number of fused-ring (bicyclic) bond motifs is 1. The van der Waals surface area contributed by atoms with Gasteiger partial charge in [0, 0.05) is 19.4 Å². The third-order valence-electron chi connectivity index (χ3n) is 3.99. The minimum Gasteiger partial charge on any atom is -0.469 e. The first-order valence-electron chi connectivity index (χ1n) is 8.13. The molecule has 7 heteroatoms. The highest BCUT2D eigenvalue weighted by atomic mass is 16.3. The molecule has 1 aromatic heterocycles. The van der Waals surface area contributed by atoms with Crippen LogP contribution in [-0.4, -0.2) is 30.3 Å². The van der Waals surface area contributed by atoms with E-state index in [0.29, 0.717) is 24.2 Å². The summed E-state index contributed by atoms with van der Waals surface area (Å²) >= 11 is 0. The molecule has 1 aliphatic heterocycles. The zero-order valence-electron chi connectivity index (χ0n) is 13.6. The summed E-state index contributed by atoms with van der Waals surface area (Å²) in [6.07, 6.45) is 2.57. The summed E-state index contributed by atoms with van der Waals surface area (Å²) in [5.41, 5.74) is 0.900. The first-order valence-corrected chi connectivity index (χ1v) is 8.13. The molecule has 7 nitrogen and oxygen atoms in total. The van der Waals surface area contributed by atoms with E-state index in [1.54, 1.807) is 36.6 Å². The Hall–Kier alpha value is -3.09. The molecule has 0 bridgehead atoms. The van der Waals surface area contributed by atoms with Crippen molar-refractivity contribution in [3.05, 3.63) is 54.0 Å². The zero-order chi connectivity index (χ0) is 17.6. The molecule has 0 radical (unpaired) electrons. The number of furan rings is 1. The fourth-order valence-electron chi connectivity index (χ4n) is 2.66. The highest BCUT2D eigenvalue weighted by molar-refractivity contribution is 6.09. The van der Waals surface area contributed by atoms with Crippen LogP contribution < -0.4 is 16.0 Å². The molecule has 1 aliphatic rings. The van der Waals surface area contributed by atoms with E-state index in [-0.39, 0.29) is 30.6 Å². The molecular formula is C18H19N3O4. The van der Waals surface area contributed by atoms with E-state index in [9.17, 15) is 14.4 Å². The maximum absolute atomic E-state index is 12.2. The van der Waals surface area contributed by atoms with Crippen molar-refractivity contribution in [2.24, 2.45) is 0 Å². The van der Waals surface area contributed by atoms with Gasteiger partial charge in [-0.2, -0.15) is 0 Å². The number of hydrogen-bond donors (Lipinski definition) is 3. The van der Waals surface area contributed by atoms with Gasteiger partial charge in [0.25, 0.3) is 5.91 Å². The number of para-hydroxylation sites is 1. The molecule has 3 N–H and O–H groups in total. The van der Waals surface area contributed by atoms with Crippen LogP contribution >= 0.6 is 0 Å². The predicted molar refractivity (Wildman–Crippen MR) is 91.0 cm³/mol. The van der Waals surface area contributed by atoms with Crippen molar-refractivity contribution in [1.82, 2.24) is 10.6 Å². The van der Waals surface area contributed by atoms with Gasteiger partial charge in [-0.1, -0.05) is 12.1 Å². The van der Waals surface area contributed by atoms with E-state index in [0.717, 1.165) is 5.76 Å². The van der Waals surface area contributed by atoms with Gasteiger partial charge < -0.3 is 20.4 Å². The van der Waals surface area contributed by atoms with Crippen LogP contribution in [0.15, 0.2) is 47.1 Å². The maximum Gasteiger partial charge on any atom is 0.254 e. The number of hydrogen-bond acceptors (Lipinski definition) is 4. The molecule has 0 fully saturated rings. The van der Waals surface area contributed by atoms with E-state index in [1.165, 1.54) is 0 Å². The van der Waals surface area contributed by atoms with Crippen molar-refractivity contribution in [1.29, 1.82) is 0 Å².